The molecule has 0 spiro atoms. The van der Waals surface area contributed by atoms with Gasteiger partial charge in [-0.3, -0.25) is 0 Å². The fourth-order valence-electron chi connectivity index (χ4n) is 4.40. The highest BCUT2D eigenvalue weighted by Gasteiger charge is 2.15. The van der Waals surface area contributed by atoms with Crippen LogP contribution in [0.2, 0.25) is 0 Å². The van der Waals surface area contributed by atoms with Crippen molar-refractivity contribution in [2.45, 2.75) is 25.8 Å². The van der Waals surface area contributed by atoms with Crippen LogP contribution in [0.25, 0.3) is 22.4 Å². The molecule has 1 fully saturated rings. The Morgan fingerprint density at radius 3 is 2.71 bits per heavy atom. The molecule has 2 aromatic carbocycles. The number of unbranched alkanes of at least 4 members (excludes halogenated alkanes) is 1. The van der Waals surface area contributed by atoms with Gasteiger partial charge in [0.2, 0.25) is 0 Å². The molecule has 4 aromatic rings. The van der Waals surface area contributed by atoms with E-state index in [4.69, 9.17) is 16.1 Å². The molecule has 7 nitrogen and oxygen atoms in total. The van der Waals surface area contributed by atoms with Crippen LogP contribution in [0.3, 0.4) is 0 Å². The van der Waals surface area contributed by atoms with Crippen LogP contribution in [-0.4, -0.2) is 64.3 Å². The first-order valence-corrected chi connectivity index (χ1v) is 12.3. The highest BCUT2D eigenvalue weighted by molar-refractivity contribution is 5.83. The number of terminal acetylenes is 1. The van der Waals surface area contributed by atoms with Gasteiger partial charge < -0.3 is 24.1 Å². The van der Waals surface area contributed by atoms with Gasteiger partial charge in [-0.2, -0.15) is 0 Å². The van der Waals surface area contributed by atoms with E-state index in [0.717, 1.165) is 85.9 Å². The fourth-order valence-corrected chi connectivity index (χ4v) is 4.40. The smallest absolute Gasteiger partial charge is 0.138 e. The second-order valence-corrected chi connectivity index (χ2v) is 9.11. The zero-order chi connectivity index (χ0) is 24.0. The molecule has 0 unspecified atom stereocenters. The van der Waals surface area contributed by atoms with E-state index in [0.29, 0.717) is 6.61 Å². The molecule has 0 amide bonds. The number of fused-ring (bicyclic) bond motifs is 1. The molecule has 0 saturated carbocycles. The second kappa shape index (κ2) is 10.7. The highest BCUT2D eigenvalue weighted by atomic mass is 16.5. The SMILES string of the molecule is C#CCCCc1cn(CCOc2ccc(-c3nc4ccc(N5CCN(C)CC5)cc4[nH]3)cc2)cn1. The van der Waals surface area contributed by atoms with Crippen molar-refractivity contribution in [3.05, 3.63) is 60.7 Å². The Hall–Kier alpha value is -3.76. The Balaban J connectivity index is 1.17. The Morgan fingerprint density at radius 2 is 1.91 bits per heavy atom. The van der Waals surface area contributed by atoms with Crippen LogP contribution in [-0.2, 0) is 13.0 Å². The predicted molar refractivity (Wildman–Crippen MR) is 141 cm³/mol. The van der Waals surface area contributed by atoms with E-state index in [-0.39, 0.29) is 0 Å². The van der Waals surface area contributed by atoms with E-state index in [9.17, 15) is 0 Å². The maximum Gasteiger partial charge on any atom is 0.138 e. The van der Waals surface area contributed by atoms with Crippen molar-refractivity contribution in [1.82, 2.24) is 24.4 Å². The van der Waals surface area contributed by atoms with Gasteiger partial charge in [0.1, 0.15) is 18.2 Å². The van der Waals surface area contributed by atoms with Gasteiger partial charge in [-0.1, -0.05) is 0 Å². The van der Waals surface area contributed by atoms with Gasteiger partial charge in [0.25, 0.3) is 0 Å². The lowest BCUT2D eigenvalue weighted by Crippen LogP contribution is -2.44. The minimum absolute atomic E-state index is 0.583. The molecule has 35 heavy (non-hydrogen) atoms. The lowest BCUT2D eigenvalue weighted by Gasteiger charge is -2.34. The lowest BCUT2D eigenvalue weighted by atomic mass is 10.2. The molecule has 2 aromatic heterocycles. The van der Waals surface area contributed by atoms with Gasteiger partial charge in [-0.05, 0) is 62.4 Å². The van der Waals surface area contributed by atoms with E-state index in [2.05, 4.69) is 73.8 Å². The summed E-state index contributed by atoms with van der Waals surface area (Å²) in [5.41, 5.74) is 5.42. The number of imidazole rings is 2. The number of nitrogens with one attached hydrogen (secondary N) is 1. The number of aromatic nitrogens is 4. The van der Waals surface area contributed by atoms with Crippen molar-refractivity contribution < 1.29 is 4.74 Å². The first-order valence-electron chi connectivity index (χ1n) is 12.3. The second-order valence-electron chi connectivity index (χ2n) is 9.11. The number of anilines is 1. The van der Waals surface area contributed by atoms with Gasteiger partial charge in [0, 0.05) is 50.0 Å². The highest BCUT2D eigenvalue weighted by Crippen LogP contribution is 2.26. The van der Waals surface area contributed by atoms with Crippen LogP contribution in [0, 0.1) is 12.3 Å². The number of ether oxygens (including phenoxy) is 1. The summed E-state index contributed by atoms with van der Waals surface area (Å²) < 4.78 is 8.00. The summed E-state index contributed by atoms with van der Waals surface area (Å²) >= 11 is 0. The number of benzene rings is 2. The molecular formula is C28H32N6O. The topological polar surface area (TPSA) is 62.2 Å². The van der Waals surface area contributed by atoms with Gasteiger partial charge in [-0.15, -0.1) is 12.3 Å². The Kier molecular flexibility index (Phi) is 7.01. The average molecular weight is 469 g/mol. The Labute approximate surface area is 206 Å². The molecule has 1 saturated heterocycles. The summed E-state index contributed by atoms with van der Waals surface area (Å²) in [4.78, 5) is 17.5. The number of aromatic amines is 1. The van der Waals surface area contributed by atoms with E-state index in [1.165, 1.54) is 5.69 Å². The van der Waals surface area contributed by atoms with Crippen LogP contribution in [0.15, 0.2) is 55.0 Å². The number of nitrogens with zero attached hydrogens (tertiary/aromatic N) is 5. The first-order chi connectivity index (χ1) is 17.2. The van der Waals surface area contributed by atoms with Gasteiger partial charge in [0.15, 0.2) is 0 Å². The van der Waals surface area contributed by atoms with E-state index < -0.39 is 0 Å². The van der Waals surface area contributed by atoms with Gasteiger partial charge in [-0.25, -0.2) is 9.97 Å². The number of hydrogen-bond acceptors (Lipinski definition) is 5. The van der Waals surface area contributed by atoms with Crippen LogP contribution < -0.4 is 9.64 Å². The molecule has 180 valence electrons. The van der Waals surface area contributed by atoms with Crippen molar-refractivity contribution in [3.63, 3.8) is 0 Å². The predicted octanol–water partition coefficient (Wildman–Crippen LogP) is 4.21. The third kappa shape index (κ3) is 5.67. The zero-order valence-corrected chi connectivity index (χ0v) is 20.3. The quantitative estimate of drug-likeness (QED) is 0.295. The number of aryl methyl sites for hydroxylation is 1. The molecule has 1 N–H and O–H groups in total. The summed E-state index contributed by atoms with van der Waals surface area (Å²) in [6, 6.07) is 14.6. The molecule has 1 aliphatic heterocycles. The molecule has 0 bridgehead atoms. The van der Waals surface area contributed by atoms with Gasteiger partial charge in [0.05, 0.1) is 29.6 Å². The van der Waals surface area contributed by atoms with Crippen LogP contribution in [0.4, 0.5) is 5.69 Å². The molecule has 7 heteroatoms. The molecule has 1 aliphatic rings. The fraction of sp³-hybridized carbons (Fsp3) is 0.357. The monoisotopic (exact) mass is 468 g/mol. The molecule has 0 aliphatic carbocycles. The van der Waals surface area contributed by atoms with Crippen LogP contribution >= 0.6 is 0 Å². The average Bonchev–Trinajstić information content (AvgIpc) is 3.52. The zero-order valence-electron chi connectivity index (χ0n) is 20.3. The minimum Gasteiger partial charge on any atom is -0.492 e. The standard InChI is InChI=1S/C28H32N6O/c1-3-4-5-6-23-20-33(21-29-23)17-18-35-25-10-7-22(8-11-25)28-30-26-12-9-24(19-27(26)31-28)34-15-13-32(2)14-16-34/h1,7-12,19-21H,4-6,13-18H2,2H3,(H,30,31). The largest absolute Gasteiger partial charge is 0.492 e. The van der Waals surface area contributed by atoms with Crippen LogP contribution in [0.5, 0.6) is 5.75 Å². The molecule has 5 rings (SSSR count). The lowest BCUT2D eigenvalue weighted by molar-refractivity contribution is 0.298. The van der Waals surface area contributed by atoms with Gasteiger partial charge >= 0.3 is 0 Å². The Morgan fingerprint density at radius 1 is 1.09 bits per heavy atom. The van der Waals surface area contributed by atoms with Crippen molar-refractivity contribution >= 4 is 16.7 Å². The molecular weight excluding hydrogens is 436 g/mol. The van der Waals surface area contributed by atoms with E-state index in [1.807, 2.05) is 18.5 Å². The third-order valence-corrected chi connectivity index (χ3v) is 6.52. The van der Waals surface area contributed by atoms with Crippen LogP contribution in [0.1, 0.15) is 18.5 Å². The van der Waals surface area contributed by atoms with Crippen molar-refractivity contribution in [2.24, 2.45) is 0 Å². The number of piperazine rings is 1. The number of H-pyrrole nitrogens is 1. The first kappa shape index (κ1) is 23.0. The van der Waals surface area contributed by atoms with Crippen molar-refractivity contribution in [1.29, 1.82) is 0 Å². The normalized spacial score (nSPS) is 14.3. The summed E-state index contributed by atoms with van der Waals surface area (Å²) in [7, 11) is 2.18. The van der Waals surface area contributed by atoms with Crippen molar-refractivity contribution in [3.8, 4) is 29.5 Å². The maximum atomic E-state index is 5.94. The number of hydrogen-bond donors (Lipinski definition) is 1. The maximum absolute atomic E-state index is 5.94. The number of rotatable bonds is 9. The summed E-state index contributed by atoms with van der Waals surface area (Å²) in [5.74, 6) is 4.39. The number of likely N-dealkylation sites (N-methyl/N-ethyl adjacent to an activating group) is 1. The summed E-state index contributed by atoms with van der Waals surface area (Å²) in [6.45, 7) is 5.63. The van der Waals surface area contributed by atoms with Crippen molar-refractivity contribution in [2.75, 3.05) is 44.7 Å². The van der Waals surface area contributed by atoms with E-state index >= 15 is 0 Å². The molecule has 3 heterocycles. The summed E-state index contributed by atoms with van der Waals surface area (Å²) in [5, 5.41) is 0. The van der Waals surface area contributed by atoms with E-state index in [1.54, 1.807) is 0 Å². The molecule has 0 radical (unpaired) electrons. The molecule has 0 atom stereocenters. The third-order valence-electron chi connectivity index (χ3n) is 6.52. The summed E-state index contributed by atoms with van der Waals surface area (Å²) in [6.07, 6.45) is 11.9. The minimum atomic E-state index is 0.583. The Bertz CT molecular complexity index is 1290.